The summed E-state index contributed by atoms with van der Waals surface area (Å²) >= 11 is 0. The molecule has 0 unspecified atom stereocenters. The Morgan fingerprint density at radius 3 is 2.82 bits per heavy atom. The Morgan fingerprint density at radius 2 is 2.15 bits per heavy atom. The van der Waals surface area contributed by atoms with Crippen molar-refractivity contribution in [2.45, 2.75) is 51.7 Å². The van der Waals surface area contributed by atoms with Crippen molar-refractivity contribution in [1.82, 2.24) is 14.7 Å². The van der Waals surface area contributed by atoms with E-state index in [0.717, 1.165) is 13.0 Å². The Morgan fingerprint density at radius 1 is 1.39 bits per heavy atom. The molecular formula is C24H28F3N5O. The molecule has 0 bridgehead atoms. The van der Waals surface area contributed by atoms with Gasteiger partial charge >= 0.3 is 6.18 Å². The topological polar surface area (TPSA) is 76.2 Å². The lowest BCUT2D eigenvalue weighted by molar-refractivity contribution is -0.142. The van der Waals surface area contributed by atoms with Crippen LogP contribution in [0.3, 0.4) is 0 Å². The lowest BCUT2D eigenvalue weighted by Gasteiger charge is -2.30. The van der Waals surface area contributed by atoms with Crippen molar-refractivity contribution >= 4 is 11.6 Å². The molecular weight excluding hydrogens is 431 g/mol. The largest absolute Gasteiger partial charge is 0.435 e. The minimum Gasteiger partial charge on any atom is -0.380 e. The second-order valence-electron chi connectivity index (χ2n) is 9.69. The number of primary amides is 1. The van der Waals surface area contributed by atoms with Gasteiger partial charge in [0.15, 0.2) is 5.69 Å². The summed E-state index contributed by atoms with van der Waals surface area (Å²) in [6, 6.07) is 4.85. The number of nitrogens with one attached hydrogen (secondary N) is 1. The number of rotatable bonds is 5. The molecule has 0 radical (unpaired) electrons. The highest BCUT2D eigenvalue weighted by Gasteiger charge is 2.42. The summed E-state index contributed by atoms with van der Waals surface area (Å²) in [5.41, 5.74) is 6.67. The molecule has 1 aromatic carbocycles. The number of hydrogen-bond donors (Lipinski definition) is 2. The van der Waals surface area contributed by atoms with Gasteiger partial charge in [-0.15, -0.1) is 6.42 Å². The van der Waals surface area contributed by atoms with E-state index in [1.54, 1.807) is 18.2 Å². The summed E-state index contributed by atoms with van der Waals surface area (Å²) in [5, 5.41) is 7.35. The van der Waals surface area contributed by atoms with Gasteiger partial charge in [-0.3, -0.25) is 9.69 Å². The van der Waals surface area contributed by atoms with Crippen molar-refractivity contribution in [3.05, 3.63) is 40.7 Å². The molecule has 1 fully saturated rings. The molecule has 1 aromatic heterocycles. The van der Waals surface area contributed by atoms with E-state index in [9.17, 15) is 18.0 Å². The highest BCUT2D eigenvalue weighted by atomic mass is 19.4. The molecule has 9 heteroatoms. The van der Waals surface area contributed by atoms with Gasteiger partial charge in [0.25, 0.3) is 5.91 Å². The summed E-state index contributed by atoms with van der Waals surface area (Å²) in [6.45, 7) is 6.16. The molecule has 2 aromatic rings. The van der Waals surface area contributed by atoms with Crippen molar-refractivity contribution in [1.29, 1.82) is 0 Å². The number of benzene rings is 1. The van der Waals surface area contributed by atoms with Crippen molar-refractivity contribution in [3.8, 4) is 18.0 Å². The predicted molar refractivity (Wildman–Crippen MR) is 120 cm³/mol. The average molecular weight is 460 g/mol. The van der Waals surface area contributed by atoms with Crippen LogP contribution >= 0.6 is 0 Å². The molecule has 4 rings (SSSR count). The van der Waals surface area contributed by atoms with Gasteiger partial charge in [-0.1, -0.05) is 19.8 Å². The van der Waals surface area contributed by atoms with Gasteiger partial charge in [0.2, 0.25) is 0 Å². The van der Waals surface area contributed by atoms with E-state index < -0.39 is 17.8 Å². The first-order chi connectivity index (χ1) is 15.5. The summed E-state index contributed by atoms with van der Waals surface area (Å²) in [6.07, 6.45) is 3.17. The maximum absolute atomic E-state index is 13.7. The first kappa shape index (κ1) is 23.2. The number of nitrogens with zero attached hydrogens (tertiary/aromatic N) is 3. The van der Waals surface area contributed by atoms with E-state index in [-0.39, 0.29) is 22.6 Å². The zero-order valence-corrected chi connectivity index (χ0v) is 18.8. The lowest BCUT2D eigenvalue weighted by Crippen LogP contribution is -2.27. The Bertz CT molecular complexity index is 1110. The fraction of sp³-hybridized carbons (Fsp3) is 0.500. The third-order valence-corrected chi connectivity index (χ3v) is 6.52. The molecule has 33 heavy (non-hydrogen) atoms. The number of aromatic nitrogens is 2. The number of fused-ring (bicyclic) bond motifs is 1. The Balaban J connectivity index is 1.74. The minimum absolute atomic E-state index is 0.0444. The molecule has 3 N–H and O–H groups in total. The smallest absolute Gasteiger partial charge is 0.380 e. The van der Waals surface area contributed by atoms with E-state index in [0.29, 0.717) is 49.4 Å². The van der Waals surface area contributed by atoms with E-state index in [1.165, 1.54) is 4.68 Å². The summed E-state index contributed by atoms with van der Waals surface area (Å²) in [5.74, 6) is 2.02. The maximum Gasteiger partial charge on any atom is 0.435 e. The number of nitrogens with two attached hydrogens (primary N) is 1. The van der Waals surface area contributed by atoms with Gasteiger partial charge in [0, 0.05) is 36.1 Å². The molecule has 1 atom stereocenters. The van der Waals surface area contributed by atoms with Crippen LogP contribution in [0.5, 0.6) is 0 Å². The number of likely N-dealkylation sites (tertiary alicyclic amines) is 1. The van der Waals surface area contributed by atoms with E-state index in [2.05, 4.69) is 21.2 Å². The van der Waals surface area contributed by atoms with Crippen molar-refractivity contribution in [2.24, 2.45) is 11.1 Å². The maximum atomic E-state index is 13.7. The monoisotopic (exact) mass is 459 g/mol. The molecule has 0 saturated carbocycles. The number of carbonyl (C=O) groups excluding carboxylic acids is 1. The fourth-order valence-corrected chi connectivity index (χ4v) is 4.82. The van der Waals surface area contributed by atoms with Crippen molar-refractivity contribution in [2.75, 3.05) is 25.0 Å². The number of alkyl halides is 3. The van der Waals surface area contributed by atoms with Gasteiger partial charge in [0.1, 0.15) is 0 Å². The van der Waals surface area contributed by atoms with Gasteiger partial charge in [-0.05, 0) is 49.3 Å². The summed E-state index contributed by atoms with van der Waals surface area (Å²) < 4.78 is 42.6. The molecule has 2 aliphatic rings. The highest BCUT2D eigenvalue weighted by Crippen LogP contribution is 2.42. The number of anilines is 1. The summed E-state index contributed by atoms with van der Waals surface area (Å²) in [7, 11) is 0. The van der Waals surface area contributed by atoms with Crippen LogP contribution in [0.15, 0.2) is 18.2 Å². The first-order valence-electron chi connectivity index (χ1n) is 11.0. The third-order valence-electron chi connectivity index (χ3n) is 6.52. The Hall–Kier alpha value is -2.99. The Labute approximate surface area is 191 Å². The van der Waals surface area contributed by atoms with E-state index in [1.807, 2.05) is 13.8 Å². The second-order valence-corrected chi connectivity index (χ2v) is 9.69. The summed E-state index contributed by atoms with van der Waals surface area (Å²) in [4.78, 5) is 14.2. The minimum atomic E-state index is -4.53. The van der Waals surface area contributed by atoms with Crippen molar-refractivity contribution in [3.63, 3.8) is 0 Å². The quantitative estimate of drug-likeness (QED) is 0.670. The van der Waals surface area contributed by atoms with E-state index in [4.69, 9.17) is 12.2 Å². The number of terminal acetylenes is 1. The number of hydrogen-bond acceptors (Lipinski definition) is 4. The predicted octanol–water partition coefficient (Wildman–Crippen LogP) is 3.62. The van der Waals surface area contributed by atoms with Crippen LogP contribution in [0.1, 0.15) is 54.0 Å². The SMILES string of the molecule is C#CCN1CC[C@H](Nc2cc(-n3nc(C(F)(F)F)c4c3CC(C)(C)CC4)ccc2C(N)=O)C1. The Kier molecular flexibility index (Phi) is 5.91. The van der Waals surface area contributed by atoms with Gasteiger partial charge in [-0.2, -0.15) is 18.3 Å². The number of carbonyl (C=O) groups is 1. The molecule has 2 heterocycles. The fourth-order valence-electron chi connectivity index (χ4n) is 4.82. The number of amides is 1. The van der Waals surface area contributed by atoms with Crippen LogP contribution in [0.2, 0.25) is 0 Å². The van der Waals surface area contributed by atoms with Crippen LogP contribution in [0, 0.1) is 17.8 Å². The van der Waals surface area contributed by atoms with E-state index >= 15 is 0 Å². The molecule has 6 nitrogen and oxygen atoms in total. The van der Waals surface area contributed by atoms with Gasteiger partial charge in [-0.25, -0.2) is 4.68 Å². The van der Waals surface area contributed by atoms with Crippen LogP contribution in [-0.4, -0.2) is 46.3 Å². The zero-order valence-electron chi connectivity index (χ0n) is 18.8. The van der Waals surface area contributed by atoms with Crippen LogP contribution < -0.4 is 11.1 Å². The average Bonchev–Trinajstić information content (AvgIpc) is 3.31. The van der Waals surface area contributed by atoms with Crippen LogP contribution in [0.4, 0.5) is 18.9 Å². The standard InChI is InChI=1S/C24H28F3N5O/c1-4-10-31-11-8-15(14-31)29-19-12-16(5-6-17(19)22(28)33)32-20-13-23(2,3)9-7-18(20)21(30-32)24(25,26)27/h1,5-6,12,15,29H,7-11,13-14H2,2-3H3,(H2,28,33)/t15-/m0/s1. The van der Waals surface area contributed by atoms with Gasteiger partial charge in [0.05, 0.1) is 17.8 Å². The molecule has 0 spiro atoms. The van der Waals surface area contributed by atoms with Crippen LogP contribution in [0.25, 0.3) is 5.69 Å². The normalized spacial score (nSPS) is 20.3. The molecule has 1 saturated heterocycles. The molecule has 176 valence electrons. The first-order valence-corrected chi connectivity index (χ1v) is 11.0. The molecule has 1 amide bonds. The number of halogens is 3. The second kappa shape index (κ2) is 8.41. The zero-order chi connectivity index (χ0) is 24.0. The molecule has 1 aliphatic carbocycles. The third kappa shape index (κ3) is 4.71. The highest BCUT2D eigenvalue weighted by molar-refractivity contribution is 5.99. The van der Waals surface area contributed by atoms with Crippen LogP contribution in [-0.2, 0) is 19.0 Å². The van der Waals surface area contributed by atoms with Crippen molar-refractivity contribution < 1.29 is 18.0 Å². The van der Waals surface area contributed by atoms with Gasteiger partial charge < -0.3 is 11.1 Å². The molecule has 1 aliphatic heterocycles. The lowest BCUT2D eigenvalue weighted by atomic mass is 9.76.